The molecule has 2 heterocycles. The lowest BCUT2D eigenvalue weighted by Crippen LogP contribution is -2.27. The van der Waals surface area contributed by atoms with Gasteiger partial charge in [-0.2, -0.15) is 13.2 Å². The van der Waals surface area contributed by atoms with Crippen LogP contribution in [-0.4, -0.2) is 54.7 Å². The summed E-state index contributed by atoms with van der Waals surface area (Å²) in [7, 11) is 0. The Bertz CT molecular complexity index is 478. The Hall–Kier alpha value is -1.47. The normalized spacial score (nSPS) is 26.2. The summed E-state index contributed by atoms with van der Waals surface area (Å²) in [6.07, 6.45) is -3.78. The van der Waals surface area contributed by atoms with Crippen molar-refractivity contribution >= 4 is 5.69 Å². The van der Waals surface area contributed by atoms with Gasteiger partial charge in [0.2, 0.25) is 0 Å². The summed E-state index contributed by atoms with van der Waals surface area (Å²) >= 11 is 0. The molecule has 0 saturated carbocycles. The van der Waals surface area contributed by atoms with Crippen LogP contribution in [0.15, 0.2) is 24.3 Å². The molecule has 0 aliphatic carbocycles. The second kappa shape index (κ2) is 5.38. The first-order valence-corrected chi connectivity index (χ1v) is 6.87. The van der Waals surface area contributed by atoms with Gasteiger partial charge in [0.25, 0.3) is 0 Å². The average molecular weight is 302 g/mol. The molecule has 0 amide bonds. The second-order valence-corrected chi connectivity index (χ2v) is 5.58. The SMILES string of the molecule is O[C@H]1CC2CN(c3ccc(OCC(F)(F)F)cc3)CN2C1. The number of ether oxygens (including phenoxy) is 1. The highest BCUT2D eigenvalue weighted by Crippen LogP contribution is 2.29. The van der Waals surface area contributed by atoms with Gasteiger partial charge >= 0.3 is 6.18 Å². The number of anilines is 1. The molecule has 2 aliphatic rings. The number of halogens is 3. The van der Waals surface area contributed by atoms with E-state index in [1.54, 1.807) is 24.3 Å². The molecule has 21 heavy (non-hydrogen) atoms. The van der Waals surface area contributed by atoms with E-state index in [-0.39, 0.29) is 11.9 Å². The third-order valence-corrected chi connectivity index (χ3v) is 3.89. The van der Waals surface area contributed by atoms with Crippen LogP contribution < -0.4 is 9.64 Å². The molecule has 1 unspecified atom stereocenters. The van der Waals surface area contributed by atoms with Crippen molar-refractivity contribution in [1.29, 1.82) is 0 Å². The van der Waals surface area contributed by atoms with Crippen LogP contribution in [-0.2, 0) is 0 Å². The largest absolute Gasteiger partial charge is 0.484 e. The van der Waals surface area contributed by atoms with Crippen LogP contribution in [0.25, 0.3) is 0 Å². The summed E-state index contributed by atoms with van der Waals surface area (Å²) in [6, 6.07) is 7.01. The molecule has 0 spiro atoms. The summed E-state index contributed by atoms with van der Waals surface area (Å²) in [5, 5.41) is 9.58. The molecule has 2 saturated heterocycles. The molecule has 0 aromatic heterocycles. The van der Waals surface area contributed by atoms with Gasteiger partial charge < -0.3 is 14.7 Å². The van der Waals surface area contributed by atoms with E-state index in [0.717, 1.165) is 25.3 Å². The van der Waals surface area contributed by atoms with Crippen LogP contribution in [0.4, 0.5) is 18.9 Å². The van der Waals surface area contributed by atoms with Gasteiger partial charge in [0.05, 0.1) is 12.8 Å². The molecular weight excluding hydrogens is 285 g/mol. The summed E-state index contributed by atoms with van der Waals surface area (Å²) in [6.45, 7) is 0.988. The number of aliphatic hydroxyl groups is 1. The first-order valence-electron chi connectivity index (χ1n) is 6.87. The number of hydrogen-bond donors (Lipinski definition) is 1. The highest BCUT2D eigenvalue weighted by Gasteiger charge is 2.38. The number of rotatable bonds is 3. The minimum atomic E-state index is -4.32. The van der Waals surface area contributed by atoms with Crippen LogP contribution in [0.1, 0.15) is 6.42 Å². The molecule has 2 fully saturated rings. The Labute approximate surface area is 120 Å². The lowest BCUT2D eigenvalue weighted by molar-refractivity contribution is -0.153. The van der Waals surface area contributed by atoms with E-state index in [4.69, 9.17) is 0 Å². The van der Waals surface area contributed by atoms with E-state index in [1.165, 1.54) is 0 Å². The predicted octanol–water partition coefficient (Wildman–Crippen LogP) is 1.84. The molecular formula is C14H17F3N2O2. The quantitative estimate of drug-likeness (QED) is 0.924. The fraction of sp³-hybridized carbons (Fsp3) is 0.571. The standard InChI is InChI=1S/C14H17F3N2O2/c15-14(16,17)8-21-13-3-1-10(2-4-13)18-6-11-5-12(20)7-19(11)9-18/h1-4,11-12,20H,5-9H2/t11?,12-/m0/s1. The summed E-state index contributed by atoms with van der Waals surface area (Å²) in [5.74, 6) is 0.214. The monoisotopic (exact) mass is 302 g/mol. The topological polar surface area (TPSA) is 35.9 Å². The molecule has 116 valence electrons. The van der Waals surface area contributed by atoms with Crippen molar-refractivity contribution in [1.82, 2.24) is 4.90 Å². The molecule has 2 aliphatic heterocycles. The average Bonchev–Trinajstić information content (AvgIpc) is 2.93. The molecule has 1 N–H and O–H groups in total. The Morgan fingerprint density at radius 2 is 1.90 bits per heavy atom. The van der Waals surface area contributed by atoms with Crippen LogP contribution in [0, 0.1) is 0 Å². The smallest absolute Gasteiger partial charge is 0.422 e. The van der Waals surface area contributed by atoms with Gasteiger partial charge in [0.15, 0.2) is 6.61 Å². The van der Waals surface area contributed by atoms with Gasteiger partial charge in [-0.25, -0.2) is 0 Å². The van der Waals surface area contributed by atoms with Gasteiger partial charge in [0.1, 0.15) is 5.75 Å². The summed E-state index contributed by atoms with van der Waals surface area (Å²) in [5.41, 5.74) is 0.957. The zero-order chi connectivity index (χ0) is 15.0. The van der Waals surface area contributed by atoms with Crippen LogP contribution in [0.3, 0.4) is 0 Å². The molecule has 2 atom stereocenters. The Balaban J connectivity index is 1.58. The van der Waals surface area contributed by atoms with E-state index in [1.807, 2.05) is 0 Å². The molecule has 4 nitrogen and oxygen atoms in total. The zero-order valence-electron chi connectivity index (χ0n) is 11.4. The van der Waals surface area contributed by atoms with Crippen molar-refractivity contribution in [2.45, 2.75) is 24.7 Å². The lowest BCUT2D eigenvalue weighted by atomic mass is 10.2. The number of fused-ring (bicyclic) bond motifs is 1. The molecule has 0 bridgehead atoms. The van der Waals surface area contributed by atoms with Crippen molar-refractivity contribution < 1.29 is 23.0 Å². The van der Waals surface area contributed by atoms with E-state index in [0.29, 0.717) is 12.6 Å². The highest BCUT2D eigenvalue weighted by molar-refractivity contribution is 5.50. The minimum absolute atomic E-state index is 0.214. The van der Waals surface area contributed by atoms with E-state index >= 15 is 0 Å². The lowest BCUT2D eigenvalue weighted by Gasteiger charge is -2.20. The highest BCUT2D eigenvalue weighted by atomic mass is 19.4. The minimum Gasteiger partial charge on any atom is -0.484 e. The van der Waals surface area contributed by atoms with Crippen molar-refractivity contribution in [2.24, 2.45) is 0 Å². The first-order chi connectivity index (χ1) is 9.90. The van der Waals surface area contributed by atoms with E-state index < -0.39 is 12.8 Å². The third-order valence-electron chi connectivity index (χ3n) is 3.89. The zero-order valence-corrected chi connectivity index (χ0v) is 11.4. The van der Waals surface area contributed by atoms with Crippen molar-refractivity contribution in [3.63, 3.8) is 0 Å². The van der Waals surface area contributed by atoms with E-state index in [9.17, 15) is 18.3 Å². The van der Waals surface area contributed by atoms with Crippen molar-refractivity contribution in [2.75, 3.05) is 31.3 Å². The van der Waals surface area contributed by atoms with Gasteiger partial charge in [-0.05, 0) is 30.7 Å². The molecule has 1 aromatic rings. The predicted molar refractivity (Wildman–Crippen MR) is 71.3 cm³/mol. The number of alkyl halides is 3. The number of aliphatic hydroxyl groups excluding tert-OH is 1. The van der Waals surface area contributed by atoms with Gasteiger partial charge in [-0.1, -0.05) is 0 Å². The Morgan fingerprint density at radius 3 is 2.52 bits per heavy atom. The van der Waals surface area contributed by atoms with Crippen molar-refractivity contribution in [3.8, 4) is 5.75 Å². The maximum atomic E-state index is 12.1. The molecule has 1 aromatic carbocycles. The van der Waals surface area contributed by atoms with Gasteiger partial charge in [-0.15, -0.1) is 0 Å². The first kappa shape index (κ1) is 14.5. The number of hydrogen-bond acceptors (Lipinski definition) is 4. The maximum absolute atomic E-state index is 12.1. The van der Waals surface area contributed by atoms with Crippen molar-refractivity contribution in [3.05, 3.63) is 24.3 Å². The van der Waals surface area contributed by atoms with Gasteiger partial charge in [0, 0.05) is 24.8 Å². The van der Waals surface area contributed by atoms with Gasteiger partial charge in [-0.3, -0.25) is 4.90 Å². The Morgan fingerprint density at radius 1 is 1.19 bits per heavy atom. The summed E-state index contributed by atoms with van der Waals surface area (Å²) < 4.78 is 40.9. The number of nitrogens with zero attached hydrogens (tertiary/aromatic N) is 2. The van der Waals surface area contributed by atoms with Crippen LogP contribution in [0.2, 0.25) is 0 Å². The second-order valence-electron chi connectivity index (χ2n) is 5.58. The van der Waals surface area contributed by atoms with Crippen LogP contribution in [0.5, 0.6) is 5.75 Å². The fourth-order valence-electron chi connectivity index (χ4n) is 2.96. The summed E-state index contributed by atoms with van der Waals surface area (Å²) in [4.78, 5) is 4.38. The molecule has 7 heteroatoms. The molecule has 0 radical (unpaired) electrons. The molecule has 3 rings (SSSR count). The van der Waals surface area contributed by atoms with Crippen LogP contribution >= 0.6 is 0 Å². The van der Waals surface area contributed by atoms with E-state index in [2.05, 4.69) is 14.5 Å². The fourth-order valence-corrected chi connectivity index (χ4v) is 2.96. The maximum Gasteiger partial charge on any atom is 0.422 e. The third kappa shape index (κ3) is 3.41. The number of benzene rings is 1. The Kier molecular flexibility index (Phi) is 3.71.